The molecule has 1 fully saturated rings. The normalized spacial score (nSPS) is 33.9. The second-order valence-corrected chi connectivity index (χ2v) is 2.33. The van der Waals surface area contributed by atoms with Crippen LogP contribution in [0.25, 0.3) is 10.4 Å². The third-order valence-corrected chi connectivity index (χ3v) is 1.59. The summed E-state index contributed by atoms with van der Waals surface area (Å²) in [5.74, 6) is 0. The molecular weight excluding hydrogens is 118 g/mol. The van der Waals surface area contributed by atoms with Gasteiger partial charge in [-0.05, 0) is 24.8 Å². The van der Waals surface area contributed by atoms with E-state index in [0.717, 1.165) is 12.8 Å². The van der Waals surface area contributed by atoms with Gasteiger partial charge >= 0.3 is 0 Å². The van der Waals surface area contributed by atoms with Crippen LogP contribution in [0, 0.1) is 0 Å². The molecule has 0 aromatic carbocycles. The van der Waals surface area contributed by atoms with Crippen molar-refractivity contribution in [1.82, 2.24) is 0 Å². The topological polar surface area (TPSA) is 69.0 Å². The zero-order chi connectivity index (χ0) is 6.69. The molecule has 4 nitrogen and oxygen atoms in total. The second kappa shape index (κ2) is 2.71. The summed E-state index contributed by atoms with van der Waals surface area (Å²) in [6, 6.07) is 0.0463. The number of rotatable bonds is 1. The van der Waals surface area contributed by atoms with E-state index in [9.17, 15) is 0 Å². The quantitative estimate of drug-likeness (QED) is 0.321. The monoisotopic (exact) mass is 127 g/mol. The number of hydrogen-bond acceptors (Lipinski definition) is 2. The molecule has 0 aromatic rings. The summed E-state index contributed by atoms with van der Waals surface area (Å²) in [7, 11) is 0. The fourth-order valence-electron chi connectivity index (χ4n) is 1.11. The highest BCUT2D eigenvalue weighted by atomic mass is 16.3. The van der Waals surface area contributed by atoms with Crippen LogP contribution in [-0.2, 0) is 0 Å². The average molecular weight is 127 g/mol. The summed E-state index contributed by atoms with van der Waals surface area (Å²) >= 11 is 0. The van der Waals surface area contributed by atoms with Crippen LogP contribution < -0.4 is 0 Å². The molecule has 1 saturated carbocycles. The predicted octanol–water partition coefficient (Wildman–Crippen LogP) is 1.21. The molecule has 0 saturated heterocycles. The smallest absolute Gasteiger partial charge is 0.0544 e. The summed E-state index contributed by atoms with van der Waals surface area (Å²) in [6.07, 6.45) is 2.03. The Balaban J connectivity index is 2.38. The first-order valence-corrected chi connectivity index (χ1v) is 3.05. The lowest BCUT2D eigenvalue weighted by molar-refractivity contribution is 0.181. The molecular formula is C5H9N3O. The van der Waals surface area contributed by atoms with Gasteiger partial charge in [-0.3, -0.25) is 0 Å². The average Bonchev–Trinajstić information content (AvgIpc) is 2.17. The molecule has 0 aromatic heterocycles. The van der Waals surface area contributed by atoms with Gasteiger partial charge < -0.3 is 5.11 Å². The van der Waals surface area contributed by atoms with Crippen molar-refractivity contribution in [1.29, 1.82) is 0 Å². The van der Waals surface area contributed by atoms with Gasteiger partial charge in [0.1, 0.15) is 0 Å². The molecule has 4 heteroatoms. The van der Waals surface area contributed by atoms with E-state index in [-0.39, 0.29) is 12.1 Å². The van der Waals surface area contributed by atoms with Crippen LogP contribution >= 0.6 is 0 Å². The van der Waals surface area contributed by atoms with Crippen LogP contribution in [-0.4, -0.2) is 17.3 Å². The molecule has 1 N–H and O–H groups in total. The third-order valence-electron chi connectivity index (χ3n) is 1.59. The van der Waals surface area contributed by atoms with Gasteiger partial charge in [0.2, 0.25) is 0 Å². The Morgan fingerprint density at radius 2 is 2.33 bits per heavy atom. The van der Waals surface area contributed by atoms with E-state index in [1.54, 1.807) is 0 Å². The minimum atomic E-state index is -0.236. The van der Waals surface area contributed by atoms with Crippen molar-refractivity contribution < 1.29 is 5.11 Å². The molecule has 0 heterocycles. The Morgan fingerprint density at radius 1 is 1.56 bits per heavy atom. The standard InChI is InChI=1S/C5H9N3O/c6-8-7-4-1-2-5(9)3-4/h4-5,9H,1-3H2/t4-,5-/m1/s1. The maximum atomic E-state index is 8.94. The largest absolute Gasteiger partial charge is 0.393 e. The van der Waals surface area contributed by atoms with Crippen molar-refractivity contribution in [3.05, 3.63) is 10.4 Å². The molecule has 1 rings (SSSR count). The number of aliphatic hydroxyl groups excluding tert-OH is 1. The first kappa shape index (κ1) is 6.39. The van der Waals surface area contributed by atoms with Gasteiger partial charge in [-0.25, -0.2) is 0 Å². The summed E-state index contributed by atoms with van der Waals surface area (Å²) in [5.41, 5.74) is 7.99. The van der Waals surface area contributed by atoms with Crippen molar-refractivity contribution in [3.63, 3.8) is 0 Å². The lowest BCUT2D eigenvalue weighted by Gasteiger charge is -1.96. The van der Waals surface area contributed by atoms with Crippen LogP contribution in [0.4, 0.5) is 0 Å². The summed E-state index contributed by atoms with van der Waals surface area (Å²) in [5, 5.41) is 12.4. The minimum absolute atomic E-state index is 0.0463. The highest BCUT2D eigenvalue weighted by Gasteiger charge is 2.20. The Hall–Kier alpha value is -0.730. The van der Waals surface area contributed by atoms with E-state index in [4.69, 9.17) is 10.6 Å². The van der Waals surface area contributed by atoms with Gasteiger partial charge in [-0.15, -0.1) is 0 Å². The summed E-state index contributed by atoms with van der Waals surface area (Å²) < 4.78 is 0. The van der Waals surface area contributed by atoms with Crippen molar-refractivity contribution in [3.8, 4) is 0 Å². The first-order valence-electron chi connectivity index (χ1n) is 3.05. The Morgan fingerprint density at radius 3 is 2.78 bits per heavy atom. The number of hydrogen-bond donors (Lipinski definition) is 1. The third kappa shape index (κ3) is 1.59. The number of azide groups is 1. The zero-order valence-corrected chi connectivity index (χ0v) is 5.06. The van der Waals surface area contributed by atoms with Crippen LogP contribution in [0.5, 0.6) is 0 Å². The van der Waals surface area contributed by atoms with Gasteiger partial charge in [0.05, 0.1) is 6.10 Å². The fraction of sp³-hybridized carbons (Fsp3) is 1.00. The maximum Gasteiger partial charge on any atom is 0.0544 e. The van der Waals surface area contributed by atoms with Crippen molar-refractivity contribution in [2.45, 2.75) is 31.4 Å². The predicted molar refractivity (Wildman–Crippen MR) is 32.8 cm³/mol. The molecule has 0 unspecified atom stereocenters. The Bertz CT molecular complexity index is 141. The van der Waals surface area contributed by atoms with E-state index in [1.165, 1.54) is 0 Å². The highest BCUT2D eigenvalue weighted by Crippen LogP contribution is 2.21. The lowest BCUT2D eigenvalue weighted by Crippen LogP contribution is -2.00. The first-order chi connectivity index (χ1) is 4.33. The molecule has 9 heavy (non-hydrogen) atoms. The Kier molecular flexibility index (Phi) is 1.92. The van der Waals surface area contributed by atoms with Crippen LogP contribution in [0.1, 0.15) is 19.3 Å². The summed E-state index contributed by atoms with van der Waals surface area (Å²) in [4.78, 5) is 2.67. The van der Waals surface area contributed by atoms with Crippen LogP contribution in [0.3, 0.4) is 0 Å². The zero-order valence-electron chi connectivity index (χ0n) is 5.06. The van der Waals surface area contributed by atoms with Gasteiger partial charge in [0.15, 0.2) is 0 Å². The molecule has 50 valence electrons. The number of nitrogens with zero attached hydrogens (tertiary/aromatic N) is 3. The molecule has 0 bridgehead atoms. The molecule has 1 aliphatic carbocycles. The van der Waals surface area contributed by atoms with E-state index < -0.39 is 0 Å². The SMILES string of the molecule is [N-]=[N+]=N[C@@H]1CC[C@@H](O)C1. The minimum Gasteiger partial charge on any atom is -0.393 e. The fourth-order valence-corrected chi connectivity index (χ4v) is 1.11. The number of aliphatic hydroxyl groups is 1. The van der Waals surface area contributed by atoms with Crippen LogP contribution in [0.2, 0.25) is 0 Å². The highest BCUT2D eigenvalue weighted by molar-refractivity contribution is 4.79. The van der Waals surface area contributed by atoms with Gasteiger partial charge in [-0.1, -0.05) is 5.11 Å². The van der Waals surface area contributed by atoms with Gasteiger partial charge in [0.25, 0.3) is 0 Å². The van der Waals surface area contributed by atoms with Crippen molar-refractivity contribution in [2.24, 2.45) is 5.11 Å². The maximum absolute atomic E-state index is 8.94. The van der Waals surface area contributed by atoms with Gasteiger partial charge in [0, 0.05) is 11.0 Å². The van der Waals surface area contributed by atoms with E-state index in [0.29, 0.717) is 6.42 Å². The van der Waals surface area contributed by atoms with Gasteiger partial charge in [-0.2, -0.15) is 0 Å². The lowest BCUT2D eigenvalue weighted by atomic mass is 10.3. The van der Waals surface area contributed by atoms with E-state index in [2.05, 4.69) is 10.0 Å². The summed E-state index contributed by atoms with van der Waals surface area (Å²) in [6.45, 7) is 0. The van der Waals surface area contributed by atoms with Crippen molar-refractivity contribution >= 4 is 0 Å². The second-order valence-electron chi connectivity index (χ2n) is 2.33. The van der Waals surface area contributed by atoms with Crippen LogP contribution in [0.15, 0.2) is 5.11 Å². The Labute approximate surface area is 53.1 Å². The molecule has 2 atom stereocenters. The molecule has 0 radical (unpaired) electrons. The molecule has 0 aliphatic heterocycles. The molecule has 0 amide bonds. The molecule has 1 aliphatic rings. The van der Waals surface area contributed by atoms with E-state index in [1.807, 2.05) is 0 Å². The van der Waals surface area contributed by atoms with Crippen molar-refractivity contribution in [2.75, 3.05) is 0 Å². The molecule has 0 spiro atoms. The van der Waals surface area contributed by atoms with E-state index >= 15 is 0 Å².